The fraction of sp³-hybridized carbons (Fsp3) is 0.333. The molecule has 0 bridgehead atoms. The fourth-order valence-corrected chi connectivity index (χ4v) is 2.87. The lowest BCUT2D eigenvalue weighted by Crippen LogP contribution is -2.33. The predicted octanol–water partition coefficient (Wildman–Crippen LogP) is 2.95. The molecule has 21 heavy (non-hydrogen) atoms. The molecular weight excluding hydrogens is 289 g/mol. The number of thiazole rings is 1. The van der Waals surface area contributed by atoms with Gasteiger partial charge in [-0.25, -0.2) is 14.2 Å². The standard InChI is InChI=1S/C15H18FN3OS/c1-10-13(8-11-4-6-12(16)7-5-11)21-14(18-10)9-17-15(20)19(2)3/h4-7H,8-9H2,1-3H3,(H,17,20). The predicted molar refractivity (Wildman–Crippen MR) is 82.0 cm³/mol. The summed E-state index contributed by atoms with van der Waals surface area (Å²) in [4.78, 5) is 18.6. The molecule has 0 saturated carbocycles. The summed E-state index contributed by atoms with van der Waals surface area (Å²) in [5.41, 5.74) is 2.01. The van der Waals surface area contributed by atoms with Crippen LogP contribution in [0.3, 0.4) is 0 Å². The van der Waals surface area contributed by atoms with Crippen LogP contribution in [0, 0.1) is 12.7 Å². The van der Waals surface area contributed by atoms with Crippen LogP contribution in [0.5, 0.6) is 0 Å². The highest BCUT2D eigenvalue weighted by Gasteiger charge is 2.10. The van der Waals surface area contributed by atoms with Crippen LogP contribution in [-0.4, -0.2) is 30.0 Å². The molecule has 2 aromatic rings. The molecule has 1 heterocycles. The Balaban J connectivity index is 2.02. The summed E-state index contributed by atoms with van der Waals surface area (Å²) >= 11 is 1.57. The number of carbonyl (C=O) groups is 1. The number of hydrogen-bond donors (Lipinski definition) is 1. The first kappa shape index (κ1) is 15.4. The van der Waals surface area contributed by atoms with E-state index < -0.39 is 0 Å². The first-order chi connectivity index (χ1) is 9.95. The Bertz CT molecular complexity index is 622. The molecule has 0 aliphatic rings. The SMILES string of the molecule is Cc1nc(CNC(=O)N(C)C)sc1Cc1ccc(F)cc1. The molecule has 0 spiro atoms. The number of benzene rings is 1. The summed E-state index contributed by atoms with van der Waals surface area (Å²) in [6.07, 6.45) is 0.728. The van der Waals surface area contributed by atoms with Crippen molar-refractivity contribution in [3.63, 3.8) is 0 Å². The molecule has 0 radical (unpaired) electrons. The Kier molecular flexibility index (Phi) is 4.90. The number of rotatable bonds is 4. The minimum absolute atomic E-state index is 0.136. The quantitative estimate of drug-likeness (QED) is 0.944. The topological polar surface area (TPSA) is 45.2 Å². The smallest absolute Gasteiger partial charge is 0.317 e. The zero-order valence-electron chi connectivity index (χ0n) is 12.3. The average Bonchev–Trinajstić information content (AvgIpc) is 2.79. The van der Waals surface area contributed by atoms with Gasteiger partial charge in [-0.2, -0.15) is 0 Å². The molecule has 6 heteroatoms. The number of nitrogens with one attached hydrogen (secondary N) is 1. The Morgan fingerprint density at radius 2 is 2.00 bits per heavy atom. The van der Waals surface area contributed by atoms with Crippen LogP contribution in [0.25, 0.3) is 0 Å². The van der Waals surface area contributed by atoms with Crippen LogP contribution in [0.4, 0.5) is 9.18 Å². The van der Waals surface area contributed by atoms with Gasteiger partial charge < -0.3 is 10.2 Å². The minimum Gasteiger partial charge on any atom is -0.331 e. The van der Waals surface area contributed by atoms with E-state index in [-0.39, 0.29) is 11.8 Å². The van der Waals surface area contributed by atoms with E-state index in [0.29, 0.717) is 6.54 Å². The zero-order valence-corrected chi connectivity index (χ0v) is 13.1. The van der Waals surface area contributed by atoms with Gasteiger partial charge in [0.1, 0.15) is 10.8 Å². The molecule has 4 nitrogen and oxygen atoms in total. The number of halogens is 1. The summed E-state index contributed by atoms with van der Waals surface area (Å²) in [6, 6.07) is 6.35. The van der Waals surface area contributed by atoms with Crippen LogP contribution in [0.1, 0.15) is 21.1 Å². The van der Waals surface area contributed by atoms with Gasteiger partial charge in [0.25, 0.3) is 0 Å². The zero-order chi connectivity index (χ0) is 15.4. The minimum atomic E-state index is -0.230. The second-order valence-corrected chi connectivity index (χ2v) is 6.14. The summed E-state index contributed by atoms with van der Waals surface area (Å²) in [6.45, 7) is 2.37. The van der Waals surface area contributed by atoms with Crippen LogP contribution in [-0.2, 0) is 13.0 Å². The normalized spacial score (nSPS) is 10.5. The third kappa shape index (κ3) is 4.26. The van der Waals surface area contributed by atoms with Gasteiger partial charge in [0.15, 0.2) is 0 Å². The first-order valence-corrected chi connectivity index (χ1v) is 7.42. The molecule has 0 unspecified atom stereocenters. The third-order valence-electron chi connectivity index (χ3n) is 3.01. The number of carbonyl (C=O) groups excluding carboxylic acids is 1. The van der Waals surface area contributed by atoms with Crippen molar-refractivity contribution in [3.05, 3.63) is 51.2 Å². The number of urea groups is 1. The first-order valence-electron chi connectivity index (χ1n) is 6.60. The van der Waals surface area contributed by atoms with Crippen molar-refractivity contribution in [3.8, 4) is 0 Å². The maximum atomic E-state index is 12.9. The van der Waals surface area contributed by atoms with E-state index in [2.05, 4.69) is 10.3 Å². The van der Waals surface area contributed by atoms with E-state index in [4.69, 9.17) is 0 Å². The number of amides is 2. The Labute approximate surface area is 127 Å². The van der Waals surface area contributed by atoms with Crippen molar-refractivity contribution in [2.75, 3.05) is 14.1 Å². The van der Waals surface area contributed by atoms with E-state index in [9.17, 15) is 9.18 Å². The van der Waals surface area contributed by atoms with Gasteiger partial charge in [-0.1, -0.05) is 12.1 Å². The Morgan fingerprint density at radius 3 is 2.62 bits per heavy atom. The summed E-state index contributed by atoms with van der Waals surface area (Å²) in [7, 11) is 3.39. The van der Waals surface area contributed by atoms with Gasteiger partial charge >= 0.3 is 6.03 Å². The van der Waals surface area contributed by atoms with Gasteiger partial charge in [-0.3, -0.25) is 0 Å². The van der Waals surface area contributed by atoms with Crippen LogP contribution in [0.15, 0.2) is 24.3 Å². The van der Waals surface area contributed by atoms with Gasteiger partial charge in [0.05, 0.1) is 12.2 Å². The number of hydrogen-bond acceptors (Lipinski definition) is 3. The summed E-state index contributed by atoms with van der Waals surface area (Å²) in [5, 5.41) is 3.67. The molecule has 2 rings (SSSR count). The van der Waals surface area contributed by atoms with Crippen molar-refractivity contribution < 1.29 is 9.18 Å². The molecule has 0 saturated heterocycles. The highest BCUT2D eigenvalue weighted by atomic mass is 32.1. The highest BCUT2D eigenvalue weighted by Crippen LogP contribution is 2.21. The molecule has 1 aromatic carbocycles. The second kappa shape index (κ2) is 6.67. The lowest BCUT2D eigenvalue weighted by molar-refractivity contribution is 0.217. The van der Waals surface area contributed by atoms with Crippen molar-refractivity contribution in [1.29, 1.82) is 0 Å². The lowest BCUT2D eigenvalue weighted by atomic mass is 10.1. The van der Waals surface area contributed by atoms with Crippen molar-refractivity contribution in [2.45, 2.75) is 19.9 Å². The van der Waals surface area contributed by atoms with Crippen LogP contribution in [0.2, 0.25) is 0 Å². The Morgan fingerprint density at radius 1 is 1.33 bits per heavy atom. The highest BCUT2D eigenvalue weighted by molar-refractivity contribution is 7.11. The number of nitrogens with zero attached hydrogens (tertiary/aromatic N) is 2. The van der Waals surface area contributed by atoms with E-state index in [1.54, 1.807) is 37.6 Å². The summed E-state index contributed by atoms with van der Waals surface area (Å²) < 4.78 is 12.9. The van der Waals surface area contributed by atoms with Crippen molar-refractivity contribution in [2.24, 2.45) is 0 Å². The van der Waals surface area contributed by atoms with E-state index in [1.165, 1.54) is 17.0 Å². The maximum absolute atomic E-state index is 12.9. The monoisotopic (exact) mass is 307 g/mol. The third-order valence-corrected chi connectivity index (χ3v) is 4.17. The number of aryl methyl sites for hydroxylation is 1. The molecule has 0 aliphatic carbocycles. The van der Waals surface area contributed by atoms with Crippen LogP contribution >= 0.6 is 11.3 Å². The van der Waals surface area contributed by atoms with E-state index in [1.807, 2.05) is 6.92 Å². The second-order valence-electron chi connectivity index (χ2n) is 4.97. The molecule has 112 valence electrons. The Hall–Kier alpha value is -1.95. The molecule has 2 amide bonds. The molecule has 0 atom stereocenters. The molecule has 0 aliphatic heterocycles. The van der Waals surface area contributed by atoms with Gasteiger partial charge in [0.2, 0.25) is 0 Å². The average molecular weight is 307 g/mol. The molecule has 1 N–H and O–H groups in total. The van der Waals surface area contributed by atoms with E-state index >= 15 is 0 Å². The largest absolute Gasteiger partial charge is 0.331 e. The number of aromatic nitrogens is 1. The fourth-order valence-electron chi connectivity index (χ4n) is 1.82. The lowest BCUT2D eigenvalue weighted by Gasteiger charge is -2.10. The maximum Gasteiger partial charge on any atom is 0.317 e. The van der Waals surface area contributed by atoms with Gasteiger partial charge in [-0.15, -0.1) is 11.3 Å². The molecular formula is C15H18FN3OS. The van der Waals surface area contributed by atoms with E-state index in [0.717, 1.165) is 27.6 Å². The van der Waals surface area contributed by atoms with Crippen LogP contribution < -0.4 is 5.32 Å². The van der Waals surface area contributed by atoms with Crippen molar-refractivity contribution >= 4 is 17.4 Å². The van der Waals surface area contributed by atoms with Gasteiger partial charge in [-0.05, 0) is 24.6 Å². The summed E-state index contributed by atoms with van der Waals surface area (Å²) in [5.74, 6) is -0.230. The molecule has 1 aromatic heterocycles. The molecule has 0 fully saturated rings. The van der Waals surface area contributed by atoms with Gasteiger partial charge in [0, 0.05) is 25.4 Å². The van der Waals surface area contributed by atoms with Crippen molar-refractivity contribution in [1.82, 2.24) is 15.2 Å².